The Kier molecular flexibility index (Phi) is 23.4. The molecule has 2 unspecified atom stereocenters. The van der Waals surface area contributed by atoms with Crippen LogP contribution in [0.1, 0.15) is 148 Å². The number of rotatable bonds is 28. The molecule has 0 amide bonds. The SMILES string of the molecule is O=C(C(CCO)CCCO)C1CCC(CCC(CCC2CCC(C(=O)C(CCCO)CCCO)CC2)[C@@H](CCO)CCCCO)CC1. The first-order valence-corrected chi connectivity index (χ1v) is 19.6. The lowest BCUT2D eigenvalue weighted by atomic mass is 9.71. The van der Waals surface area contributed by atoms with Gasteiger partial charge < -0.3 is 30.6 Å². The molecule has 2 aliphatic carbocycles. The normalized spacial score (nSPS) is 23.9. The summed E-state index contributed by atoms with van der Waals surface area (Å²) in [6.07, 6.45) is 20.8. The van der Waals surface area contributed by atoms with Crippen LogP contribution in [0.3, 0.4) is 0 Å². The van der Waals surface area contributed by atoms with Crippen molar-refractivity contribution in [2.45, 2.75) is 148 Å². The summed E-state index contributed by atoms with van der Waals surface area (Å²) < 4.78 is 0. The minimum atomic E-state index is -0.136. The highest BCUT2D eigenvalue weighted by atomic mass is 16.3. The fraction of sp³-hybridized carbons (Fsp3) is 0.949. The van der Waals surface area contributed by atoms with Gasteiger partial charge in [-0.2, -0.15) is 0 Å². The van der Waals surface area contributed by atoms with Crippen LogP contribution in [0.4, 0.5) is 0 Å². The van der Waals surface area contributed by atoms with Crippen molar-refractivity contribution in [1.29, 1.82) is 0 Å². The number of ketones is 2. The molecule has 2 fully saturated rings. The second-order valence-corrected chi connectivity index (χ2v) is 15.2. The highest BCUT2D eigenvalue weighted by Crippen LogP contribution is 2.40. The van der Waals surface area contributed by atoms with E-state index in [0.29, 0.717) is 74.4 Å². The van der Waals surface area contributed by atoms with Gasteiger partial charge in [-0.25, -0.2) is 0 Å². The number of carbonyl (C=O) groups excluding carboxylic acids is 2. The molecule has 3 atom stereocenters. The highest BCUT2D eigenvalue weighted by Gasteiger charge is 2.33. The Morgan fingerprint density at radius 3 is 1.17 bits per heavy atom. The number of hydrogen-bond acceptors (Lipinski definition) is 8. The lowest BCUT2D eigenvalue weighted by molar-refractivity contribution is -0.129. The number of carbonyl (C=O) groups is 2. The zero-order valence-electron chi connectivity index (χ0n) is 29.6. The van der Waals surface area contributed by atoms with E-state index in [2.05, 4.69) is 0 Å². The molecule has 0 bridgehead atoms. The molecule has 0 aromatic carbocycles. The number of hydrogen-bond donors (Lipinski definition) is 6. The van der Waals surface area contributed by atoms with E-state index in [1.165, 1.54) is 0 Å². The van der Waals surface area contributed by atoms with Crippen LogP contribution in [0.2, 0.25) is 0 Å². The third-order valence-electron chi connectivity index (χ3n) is 12.0. The number of aliphatic hydroxyl groups is 6. The standard InChI is InChI=1S/C39H72O8/c40-24-2-1-6-32(22-28-44)33(17-11-31-14-20-37(21-15-31)39(47)35(23-29-45)9-5-27-43)16-10-30-12-18-36(19-13-30)38(46)34(7-3-25-41)8-4-26-42/h30-37,40-45H,1-29H2/t30?,31?,32-,33?,35?,36?,37?/m1/s1. The summed E-state index contributed by atoms with van der Waals surface area (Å²) in [6, 6.07) is 0. The molecule has 276 valence electrons. The topological polar surface area (TPSA) is 156 Å². The van der Waals surface area contributed by atoms with E-state index in [4.69, 9.17) is 0 Å². The smallest absolute Gasteiger partial charge is 0.139 e. The predicted molar refractivity (Wildman–Crippen MR) is 187 cm³/mol. The van der Waals surface area contributed by atoms with E-state index in [1.807, 2.05) is 0 Å². The van der Waals surface area contributed by atoms with Crippen molar-refractivity contribution >= 4 is 11.6 Å². The van der Waals surface area contributed by atoms with Crippen LogP contribution in [0, 0.1) is 47.3 Å². The number of aliphatic hydroxyl groups excluding tert-OH is 6. The van der Waals surface area contributed by atoms with Gasteiger partial charge in [-0.15, -0.1) is 0 Å². The van der Waals surface area contributed by atoms with Crippen LogP contribution in [0.5, 0.6) is 0 Å². The van der Waals surface area contributed by atoms with E-state index in [9.17, 15) is 40.2 Å². The molecule has 0 spiro atoms. The lowest BCUT2D eigenvalue weighted by Crippen LogP contribution is -2.29. The Bertz CT molecular complexity index is 782. The second kappa shape index (κ2) is 26.0. The summed E-state index contributed by atoms with van der Waals surface area (Å²) in [7, 11) is 0. The first kappa shape index (κ1) is 42.3. The summed E-state index contributed by atoms with van der Waals surface area (Å²) >= 11 is 0. The van der Waals surface area contributed by atoms with Crippen molar-refractivity contribution < 1.29 is 40.2 Å². The number of Topliss-reactive ketones (excluding diaryl/α,β-unsaturated/α-hetero) is 2. The van der Waals surface area contributed by atoms with Gasteiger partial charge in [0.2, 0.25) is 0 Å². The minimum Gasteiger partial charge on any atom is -0.396 e. The Morgan fingerprint density at radius 2 is 0.787 bits per heavy atom. The molecule has 0 heterocycles. The van der Waals surface area contributed by atoms with Crippen molar-refractivity contribution in [3.63, 3.8) is 0 Å². The van der Waals surface area contributed by atoms with Gasteiger partial charge in [0.25, 0.3) is 0 Å². The molecule has 2 rings (SSSR count). The summed E-state index contributed by atoms with van der Waals surface area (Å²) in [5.41, 5.74) is 0. The predicted octanol–water partition coefficient (Wildman–Crippen LogP) is 6.01. The first-order chi connectivity index (χ1) is 22.9. The summed E-state index contributed by atoms with van der Waals surface area (Å²) in [4.78, 5) is 26.5. The monoisotopic (exact) mass is 669 g/mol. The molecular weight excluding hydrogens is 596 g/mol. The van der Waals surface area contributed by atoms with E-state index < -0.39 is 0 Å². The molecule has 2 saturated carbocycles. The van der Waals surface area contributed by atoms with Crippen LogP contribution in [-0.2, 0) is 9.59 Å². The molecule has 47 heavy (non-hydrogen) atoms. The highest BCUT2D eigenvalue weighted by molar-refractivity contribution is 5.84. The van der Waals surface area contributed by atoms with Crippen LogP contribution >= 0.6 is 0 Å². The summed E-state index contributed by atoms with van der Waals surface area (Å²) in [5, 5.41) is 56.6. The molecule has 0 saturated heterocycles. The number of unbranched alkanes of at least 4 members (excludes halogenated alkanes) is 1. The summed E-state index contributed by atoms with van der Waals surface area (Å²) in [5.74, 6) is 2.89. The Balaban J connectivity index is 1.92. The average Bonchev–Trinajstić information content (AvgIpc) is 3.10. The van der Waals surface area contributed by atoms with E-state index in [1.54, 1.807) is 0 Å². The van der Waals surface area contributed by atoms with Crippen molar-refractivity contribution in [2.75, 3.05) is 39.6 Å². The van der Waals surface area contributed by atoms with Gasteiger partial charge in [0.1, 0.15) is 11.6 Å². The van der Waals surface area contributed by atoms with Gasteiger partial charge in [-0.05, 0) is 146 Å². The largest absolute Gasteiger partial charge is 0.396 e. The Morgan fingerprint density at radius 1 is 0.404 bits per heavy atom. The molecule has 8 heteroatoms. The van der Waals surface area contributed by atoms with Crippen LogP contribution in [0.15, 0.2) is 0 Å². The van der Waals surface area contributed by atoms with Gasteiger partial charge in [0.05, 0.1) is 0 Å². The van der Waals surface area contributed by atoms with Gasteiger partial charge >= 0.3 is 0 Å². The fourth-order valence-corrected chi connectivity index (χ4v) is 8.98. The summed E-state index contributed by atoms with van der Waals surface area (Å²) in [6.45, 7) is 0.711. The van der Waals surface area contributed by atoms with Crippen molar-refractivity contribution in [2.24, 2.45) is 47.3 Å². The second-order valence-electron chi connectivity index (χ2n) is 15.2. The van der Waals surface area contributed by atoms with E-state index >= 15 is 0 Å². The molecule has 0 radical (unpaired) electrons. The van der Waals surface area contributed by atoms with E-state index in [0.717, 1.165) is 103 Å². The maximum absolute atomic E-state index is 13.3. The zero-order chi connectivity index (χ0) is 34.3. The molecule has 2 aliphatic rings. The maximum Gasteiger partial charge on any atom is 0.139 e. The van der Waals surface area contributed by atoms with Gasteiger partial charge in [-0.3, -0.25) is 9.59 Å². The van der Waals surface area contributed by atoms with E-state index in [-0.39, 0.29) is 69.1 Å². The first-order valence-electron chi connectivity index (χ1n) is 19.6. The van der Waals surface area contributed by atoms with Crippen LogP contribution in [0.25, 0.3) is 0 Å². The zero-order valence-corrected chi connectivity index (χ0v) is 29.6. The average molecular weight is 669 g/mol. The molecule has 6 N–H and O–H groups in total. The third kappa shape index (κ3) is 16.1. The Hall–Kier alpha value is -0.900. The molecule has 0 aromatic heterocycles. The quantitative estimate of drug-likeness (QED) is 0.0554. The van der Waals surface area contributed by atoms with Gasteiger partial charge in [0, 0.05) is 63.3 Å². The van der Waals surface area contributed by atoms with Crippen molar-refractivity contribution in [3.8, 4) is 0 Å². The lowest BCUT2D eigenvalue weighted by Gasteiger charge is -2.34. The minimum absolute atomic E-state index is 0.0166. The van der Waals surface area contributed by atoms with Gasteiger partial charge in [0.15, 0.2) is 0 Å². The third-order valence-corrected chi connectivity index (χ3v) is 12.0. The van der Waals surface area contributed by atoms with Crippen LogP contribution in [-0.4, -0.2) is 81.8 Å². The molecule has 8 nitrogen and oxygen atoms in total. The maximum atomic E-state index is 13.3. The molecular formula is C39H72O8. The van der Waals surface area contributed by atoms with Crippen molar-refractivity contribution in [3.05, 3.63) is 0 Å². The fourth-order valence-electron chi connectivity index (χ4n) is 8.98. The van der Waals surface area contributed by atoms with Crippen LogP contribution < -0.4 is 0 Å². The van der Waals surface area contributed by atoms with Gasteiger partial charge in [-0.1, -0.05) is 25.7 Å². The Labute approximate surface area is 286 Å². The molecule has 0 aromatic rings. The molecule has 0 aliphatic heterocycles. The van der Waals surface area contributed by atoms with Crippen molar-refractivity contribution in [1.82, 2.24) is 0 Å².